The van der Waals surface area contributed by atoms with E-state index >= 15 is 0 Å². The van der Waals surface area contributed by atoms with Gasteiger partial charge in [-0.15, -0.1) is 16.8 Å². The van der Waals surface area contributed by atoms with Crippen LogP contribution in [0.1, 0.15) is 25.8 Å². The fourth-order valence-electron chi connectivity index (χ4n) is 2.37. The molecule has 0 unspecified atom stereocenters. The van der Waals surface area contributed by atoms with Crippen LogP contribution in [0.4, 0.5) is 4.39 Å². The molecule has 1 aromatic heterocycles. The number of nitrogens with zero attached hydrogens (tertiary/aromatic N) is 3. The lowest BCUT2D eigenvalue weighted by molar-refractivity contribution is -0.120. The highest BCUT2D eigenvalue weighted by molar-refractivity contribution is 8.00. The Morgan fingerprint density at radius 3 is 2.92 bits per heavy atom. The first kappa shape index (κ1) is 16.7. The van der Waals surface area contributed by atoms with E-state index in [0.717, 1.165) is 12.8 Å². The Labute approximate surface area is 144 Å². The standard InChI is InChI=1S/C17H19FN4OS/c1-3-10-19-16(23)11(2)24-17-21-20-15(22(17)12-8-9-12)13-6-4-5-7-14(13)18/h3-7,11-12H,1,8-10H2,2H3,(H,19,23)/t11-/m0/s1. The second-order valence-corrected chi connectivity index (χ2v) is 6.99. The number of carbonyl (C=O) groups is 1. The molecule has 0 bridgehead atoms. The number of hydrogen-bond donors (Lipinski definition) is 1. The quantitative estimate of drug-likeness (QED) is 0.618. The molecule has 0 saturated heterocycles. The number of hydrogen-bond acceptors (Lipinski definition) is 4. The minimum absolute atomic E-state index is 0.0855. The van der Waals surface area contributed by atoms with Gasteiger partial charge in [0, 0.05) is 12.6 Å². The van der Waals surface area contributed by atoms with Crippen LogP contribution in [0.3, 0.4) is 0 Å². The van der Waals surface area contributed by atoms with Crippen molar-refractivity contribution in [1.29, 1.82) is 0 Å². The van der Waals surface area contributed by atoms with Crippen molar-refractivity contribution in [2.24, 2.45) is 0 Å². The van der Waals surface area contributed by atoms with Gasteiger partial charge in [0.15, 0.2) is 11.0 Å². The summed E-state index contributed by atoms with van der Waals surface area (Å²) in [5, 5.41) is 11.5. The lowest BCUT2D eigenvalue weighted by atomic mass is 10.2. The summed E-state index contributed by atoms with van der Waals surface area (Å²) in [6, 6.07) is 6.83. The van der Waals surface area contributed by atoms with E-state index in [4.69, 9.17) is 0 Å². The zero-order chi connectivity index (χ0) is 17.1. The summed E-state index contributed by atoms with van der Waals surface area (Å²) in [6.07, 6.45) is 3.67. The summed E-state index contributed by atoms with van der Waals surface area (Å²) in [4.78, 5) is 12.0. The summed E-state index contributed by atoms with van der Waals surface area (Å²) in [5.41, 5.74) is 0.438. The second kappa shape index (κ2) is 7.17. The molecule has 0 radical (unpaired) electrons. The van der Waals surface area contributed by atoms with Crippen molar-refractivity contribution in [3.05, 3.63) is 42.7 Å². The highest BCUT2D eigenvalue weighted by Gasteiger charge is 2.32. The molecular weight excluding hydrogens is 327 g/mol. The molecule has 0 spiro atoms. The van der Waals surface area contributed by atoms with Crippen LogP contribution in [-0.2, 0) is 4.79 Å². The van der Waals surface area contributed by atoms with Crippen LogP contribution in [0, 0.1) is 5.82 Å². The van der Waals surface area contributed by atoms with Crippen LogP contribution in [0.25, 0.3) is 11.4 Å². The van der Waals surface area contributed by atoms with Gasteiger partial charge in [0.25, 0.3) is 0 Å². The number of amides is 1. The van der Waals surface area contributed by atoms with E-state index in [-0.39, 0.29) is 23.0 Å². The Kier molecular flexibility index (Phi) is 4.99. The van der Waals surface area contributed by atoms with E-state index in [2.05, 4.69) is 22.1 Å². The van der Waals surface area contributed by atoms with Crippen molar-refractivity contribution in [2.75, 3.05) is 6.54 Å². The van der Waals surface area contributed by atoms with Gasteiger partial charge < -0.3 is 5.32 Å². The molecule has 1 aliphatic carbocycles. The largest absolute Gasteiger partial charge is 0.352 e. The number of nitrogens with one attached hydrogen (secondary N) is 1. The van der Waals surface area contributed by atoms with Gasteiger partial charge >= 0.3 is 0 Å². The molecule has 24 heavy (non-hydrogen) atoms. The Hall–Kier alpha value is -2.15. The highest BCUT2D eigenvalue weighted by atomic mass is 32.2. The van der Waals surface area contributed by atoms with Gasteiger partial charge in [-0.3, -0.25) is 9.36 Å². The zero-order valence-corrected chi connectivity index (χ0v) is 14.2. The first-order valence-corrected chi connectivity index (χ1v) is 8.75. The van der Waals surface area contributed by atoms with Crippen molar-refractivity contribution >= 4 is 17.7 Å². The Morgan fingerprint density at radius 1 is 1.50 bits per heavy atom. The van der Waals surface area contributed by atoms with Crippen LogP contribution in [0.2, 0.25) is 0 Å². The van der Waals surface area contributed by atoms with Crippen molar-refractivity contribution in [2.45, 2.75) is 36.2 Å². The molecule has 3 rings (SSSR count). The Morgan fingerprint density at radius 2 is 2.25 bits per heavy atom. The summed E-state index contributed by atoms with van der Waals surface area (Å²) in [7, 11) is 0. The average Bonchev–Trinajstić information content (AvgIpc) is 3.34. The van der Waals surface area contributed by atoms with E-state index in [0.29, 0.717) is 23.1 Å². The van der Waals surface area contributed by atoms with Crippen molar-refractivity contribution in [3.63, 3.8) is 0 Å². The van der Waals surface area contributed by atoms with Gasteiger partial charge in [-0.2, -0.15) is 0 Å². The van der Waals surface area contributed by atoms with E-state index in [9.17, 15) is 9.18 Å². The first-order valence-electron chi connectivity index (χ1n) is 7.87. The Balaban J connectivity index is 1.86. The number of thioether (sulfide) groups is 1. The van der Waals surface area contributed by atoms with Gasteiger partial charge in [0.05, 0.1) is 10.8 Å². The van der Waals surface area contributed by atoms with Crippen molar-refractivity contribution in [1.82, 2.24) is 20.1 Å². The van der Waals surface area contributed by atoms with E-state index < -0.39 is 0 Å². The van der Waals surface area contributed by atoms with Gasteiger partial charge in [-0.05, 0) is 31.9 Å². The molecule has 1 heterocycles. The maximum Gasteiger partial charge on any atom is 0.233 e. The number of rotatable bonds is 7. The van der Waals surface area contributed by atoms with Crippen molar-refractivity contribution < 1.29 is 9.18 Å². The fourth-order valence-corrected chi connectivity index (χ4v) is 3.32. The van der Waals surface area contributed by atoms with Gasteiger partial charge in [0.2, 0.25) is 5.91 Å². The summed E-state index contributed by atoms with van der Waals surface area (Å²) in [6.45, 7) is 5.83. The molecule has 1 fully saturated rings. The molecule has 1 saturated carbocycles. The molecule has 1 aromatic carbocycles. The lowest BCUT2D eigenvalue weighted by Gasteiger charge is -2.13. The molecule has 2 aromatic rings. The number of carbonyl (C=O) groups excluding carboxylic acids is 1. The molecule has 1 N–H and O–H groups in total. The number of benzene rings is 1. The smallest absolute Gasteiger partial charge is 0.233 e. The molecule has 0 aliphatic heterocycles. The molecular formula is C17H19FN4OS. The zero-order valence-electron chi connectivity index (χ0n) is 13.4. The second-order valence-electron chi connectivity index (χ2n) is 5.68. The maximum atomic E-state index is 14.1. The van der Waals surface area contributed by atoms with Crippen LogP contribution >= 0.6 is 11.8 Å². The summed E-state index contributed by atoms with van der Waals surface area (Å²) < 4.78 is 16.1. The first-order chi connectivity index (χ1) is 11.6. The van der Waals surface area contributed by atoms with Crippen LogP contribution in [0.5, 0.6) is 0 Å². The third kappa shape index (κ3) is 3.51. The van der Waals surface area contributed by atoms with Gasteiger partial charge in [-0.25, -0.2) is 4.39 Å². The van der Waals surface area contributed by atoms with Gasteiger partial charge in [0.1, 0.15) is 5.82 Å². The van der Waals surface area contributed by atoms with E-state index in [1.54, 1.807) is 24.3 Å². The van der Waals surface area contributed by atoms with Crippen LogP contribution in [0.15, 0.2) is 42.1 Å². The molecule has 1 atom stereocenters. The van der Waals surface area contributed by atoms with Gasteiger partial charge in [-0.1, -0.05) is 30.0 Å². The minimum Gasteiger partial charge on any atom is -0.352 e. The Bertz CT molecular complexity index is 757. The molecule has 5 nitrogen and oxygen atoms in total. The highest BCUT2D eigenvalue weighted by Crippen LogP contribution is 2.42. The predicted octanol–water partition coefficient (Wildman–Crippen LogP) is 3.20. The monoisotopic (exact) mass is 346 g/mol. The molecule has 126 valence electrons. The molecule has 7 heteroatoms. The van der Waals surface area contributed by atoms with E-state index in [1.165, 1.54) is 17.8 Å². The minimum atomic E-state index is -0.319. The average molecular weight is 346 g/mol. The lowest BCUT2D eigenvalue weighted by Crippen LogP contribution is -2.31. The third-order valence-electron chi connectivity index (χ3n) is 3.76. The van der Waals surface area contributed by atoms with Crippen LogP contribution < -0.4 is 5.32 Å². The van der Waals surface area contributed by atoms with E-state index in [1.807, 2.05) is 11.5 Å². The third-order valence-corrected chi connectivity index (χ3v) is 4.82. The summed E-state index contributed by atoms with van der Waals surface area (Å²) in [5.74, 6) is 0.120. The fraction of sp³-hybridized carbons (Fsp3) is 0.353. The topological polar surface area (TPSA) is 59.8 Å². The SMILES string of the molecule is C=CCNC(=O)[C@H](C)Sc1nnc(-c2ccccc2F)n1C1CC1. The maximum absolute atomic E-state index is 14.1. The van der Waals surface area contributed by atoms with Crippen LogP contribution in [-0.4, -0.2) is 32.5 Å². The predicted molar refractivity (Wildman–Crippen MR) is 92.2 cm³/mol. The van der Waals surface area contributed by atoms with Crippen molar-refractivity contribution in [3.8, 4) is 11.4 Å². The number of aromatic nitrogens is 3. The molecule has 1 aliphatic rings. The summed E-state index contributed by atoms with van der Waals surface area (Å²) >= 11 is 1.34. The molecule has 1 amide bonds. The number of halogens is 1. The normalized spacial score (nSPS) is 15.1.